The summed E-state index contributed by atoms with van der Waals surface area (Å²) >= 11 is 3.32. The highest BCUT2D eigenvalue weighted by atomic mass is 79.9. The quantitative estimate of drug-likeness (QED) is 0.618. The van der Waals surface area contributed by atoms with Crippen LogP contribution in [-0.2, 0) is 4.79 Å². The van der Waals surface area contributed by atoms with E-state index in [1.54, 1.807) is 30.3 Å². The number of hydrazone groups is 1. The van der Waals surface area contributed by atoms with E-state index in [2.05, 4.69) is 26.5 Å². The predicted octanol–water partition coefficient (Wildman–Crippen LogP) is 3.13. The van der Waals surface area contributed by atoms with E-state index in [9.17, 15) is 9.18 Å². The van der Waals surface area contributed by atoms with E-state index in [1.807, 2.05) is 0 Å². The Morgan fingerprint density at radius 1 is 1.26 bits per heavy atom. The molecular weight excluding hydrogens is 367 g/mol. The number of nitrogens with one attached hydrogen (secondary N) is 1. The largest absolute Gasteiger partial charge is 0.493 e. The normalized spacial score (nSPS) is 10.6. The molecule has 5 nitrogen and oxygen atoms in total. The van der Waals surface area contributed by atoms with Crippen LogP contribution >= 0.6 is 15.9 Å². The summed E-state index contributed by atoms with van der Waals surface area (Å²) in [6.07, 6.45) is 1.41. The second-order valence-corrected chi connectivity index (χ2v) is 5.34. The van der Waals surface area contributed by atoms with Gasteiger partial charge >= 0.3 is 0 Å². The van der Waals surface area contributed by atoms with Gasteiger partial charge in [0, 0.05) is 4.47 Å². The van der Waals surface area contributed by atoms with Gasteiger partial charge in [0.05, 0.1) is 13.3 Å². The van der Waals surface area contributed by atoms with Gasteiger partial charge in [-0.2, -0.15) is 5.10 Å². The van der Waals surface area contributed by atoms with Crippen LogP contribution in [0.15, 0.2) is 52.0 Å². The second-order valence-electron chi connectivity index (χ2n) is 4.43. The van der Waals surface area contributed by atoms with Crippen molar-refractivity contribution in [2.24, 2.45) is 5.10 Å². The molecule has 0 aliphatic carbocycles. The topological polar surface area (TPSA) is 59.9 Å². The van der Waals surface area contributed by atoms with Crippen LogP contribution in [0, 0.1) is 5.82 Å². The number of hydrogen-bond donors (Lipinski definition) is 1. The lowest BCUT2D eigenvalue weighted by atomic mass is 10.2. The summed E-state index contributed by atoms with van der Waals surface area (Å²) in [6, 6.07) is 10.9. The molecule has 0 fully saturated rings. The summed E-state index contributed by atoms with van der Waals surface area (Å²) in [7, 11) is 1.52. The van der Waals surface area contributed by atoms with Gasteiger partial charge in [-0.15, -0.1) is 0 Å². The van der Waals surface area contributed by atoms with Gasteiger partial charge in [-0.25, -0.2) is 9.82 Å². The van der Waals surface area contributed by atoms with Crippen molar-refractivity contribution >= 4 is 28.1 Å². The fourth-order valence-corrected chi connectivity index (χ4v) is 2.00. The highest BCUT2D eigenvalue weighted by Crippen LogP contribution is 2.29. The maximum Gasteiger partial charge on any atom is 0.277 e. The van der Waals surface area contributed by atoms with Gasteiger partial charge in [0.25, 0.3) is 5.91 Å². The van der Waals surface area contributed by atoms with E-state index in [0.717, 1.165) is 4.47 Å². The summed E-state index contributed by atoms with van der Waals surface area (Å²) in [5.41, 5.74) is 3.00. The van der Waals surface area contributed by atoms with E-state index in [0.29, 0.717) is 17.1 Å². The average molecular weight is 381 g/mol. The van der Waals surface area contributed by atoms with Crippen LogP contribution in [0.3, 0.4) is 0 Å². The molecular formula is C16H14BrFN2O3. The van der Waals surface area contributed by atoms with Gasteiger partial charge in [0.1, 0.15) is 5.82 Å². The third-order valence-electron chi connectivity index (χ3n) is 2.76. The number of ether oxygens (including phenoxy) is 2. The van der Waals surface area contributed by atoms with Crippen molar-refractivity contribution in [1.82, 2.24) is 5.43 Å². The monoisotopic (exact) mass is 380 g/mol. The number of carbonyl (C=O) groups excluding carboxylic acids is 1. The molecule has 0 saturated carbocycles. The number of halogens is 2. The van der Waals surface area contributed by atoms with E-state index in [1.165, 1.54) is 25.5 Å². The number of benzene rings is 2. The lowest BCUT2D eigenvalue weighted by molar-refractivity contribution is -0.123. The standard InChI is InChI=1S/C16H14BrFN2O3/c1-22-15-8-12(17)4-7-14(15)23-10-16(21)20-19-9-11-2-5-13(18)6-3-11/h2-9H,10H2,1H3,(H,20,21)/b19-9+. The molecule has 0 radical (unpaired) electrons. The van der Waals surface area contributed by atoms with Crippen molar-refractivity contribution in [2.45, 2.75) is 0 Å². The number of carbonyl (C=O) groups is 1. The minimum atomic E-state index is -0.423. The Bertz CT molecular complexity index is 705. The maximum atomic E-state index is 12.7. The number of rotatable bonds is 6. The molecule has 0 bridgehead atoms. The summed E-state index contributed by atoms with van der Waals surface area (Å²) in [6.45, 7) is -0.210. The third-order valence-corrected chi connectivity index (χ3v) is 3.25. The van der Waals surface area contributed by atoms with Gasteiger partial charge in [0.15, 0.2) is 18.1 Å². The zero-order valence-electron chi connectivity index (χ0n) is 12.3. The van der Waals surface area contributed by atoms with Crippen molar-refractivity contribution in [3.8, 4) is 11.5 Å². The molecule has 0 unspecified atom stereocenters. The fourth-order valence-electron chi connectivity index (χ4n) is 1.66. The highest BCUT2D eigenvalue weighted by molar-refractivity contribution is 9.10. The van der Waals surface area contributed by atoms with E-state index in [-0.39, 0.29) is 12.4 Å². The minimum Gasteiger partial charge on any atom is -0.493 e. The Labute approximate surface area is 141 Å². The number of hydrogen-bond acceptors (Lipinski definition) is 4. The fraction of sp³-hybridized carbons (Fsp3) is 0.125. The van der Waals surface area contributed by atoms with Crippen LogP contribution in [0.4, 0.5) is 4.39 Å². The maximum absolute atomic E-state index is 12.7. The molecule has 0 aromatic heterocycles. The zero-order chi connectivity index (χ0) is 16.7. The molecule has 2 rings (SSSR count). The Kier molecular flexibility index (Phi) is 6.10. The smallest absolute Gasteiger partial charge is 0.277 e. The van der Waals surface area contributed by atoms with Gasteiger partial charge in [-0.3, -0.25) is 4.79 Å². The molecule has 7 heteroatoms. The first-order valence-corrected chi connectivity index (χ1v) is 7.41. The second kappa shape index (κ2) is 8.28. The van der Waals surface area contributed by atoms with Crippen LogP contribution in [0.25, 0.3) is 0 Å². The Morgan fingerprint density at radius 3 is 2.70 bits per heavy atom. The molecule has 0 heterocycles. The molecule has 0 aliphatic rings. The molecule has 0 atom stereocenters. The van der Waals surface area contributed by atoms with Gasteiger partial charge < -0.3 is 9.47 Å². The van der Waals surface area contributed by atoms with E-state index < -0.39 is 5.91 Å². The molecule has 0 spiro atoms. The van der Waals surface area contributed by atoms with Crippen LogP contribution < -0.4 is 14.9 Å². The lowest BCUT2D eigenvalue weighted by Crippen LogP contribution is -2.24. The SMILES string of the molecule is COc1cc(Br)ccc1OCC(=O)N/N=C/c1ccc(F)cc1. The molecule has 23 heavy (non-hydrogen) atoms. The highest BCUT2D eigenvalue weighted by Gasteiger charge is 2.07. The van der Waals surface area contributed by atoms with Gasteiger partial charge in [-0.1, -0.05) is 28.1 Å². The zero-order valence-corrected chi connectivity index (χ0v) is 13.8. The molecule has 2 aromatic carbocycles. The predicted molar refractivity (Wildman–Crippen MR) is 88.3 cm³/mol. The van der Waals surface area contributed by atoms with Crippen LogP contribution in [0.1, 0.15) is 5.56 Å². The van der Waals surface area contributed by atoms with Crippen molar-refractivity contribution in [1.29, 1.82) is 0 Å². The molecule has 0 aliphatic heterocycles. The molecule has 120 valence electrons. The molecule has 2 aromatic rings. The average Bonchev–Trinajstić information content (AvgIpc) is 2.55. The summed E-state index contributed by atoms with van der Waals surface area (Å²) in [5.74, 6) is 0.215. The van der Waals surface area contributed by atoms with Crippen molar-refractivity contribution in [3.63, 3.8) is 0 Å². The lowest BCUT2D eigenvalue weighted by Gasteiger charge is -2.10. The van der Waals surface area contributed by atoms with Crippen molar-refractivity contribution in [2.75, 3.05) is 13.7 Å². The first kappa shape index (κ1) is 17.0. The van der Waals surface area contributed by atoms with E-state index in [4.69, 9.17) is 9.47 Å². The molecule has 1 N–H and O–H groups in total. The van der Waals surface area contributed by atoms with E-state index >= 15 is 0 Å². The minimum absolute atomic E-state index is 0.210. The Hall–Kier alpha value is -2.41. The van der Waals surface area contributed by atoms with Crippen molar-refractivity contribution in [3.05, 3.63) is 58.3 Å². The Morgan fingerprint density at radius 2 is 2.00 bits per heavy atom. The Balaban J connectivity index is 1.84. The third kappa shape index (κ3) is 5.37. The van der Waals surface area contributed by atoms with Crippen molar-refractivity contribution < 1.29 is 18.7 Å². The van der Waals surface area contributed by atoms with Crippen LogP contribution in [0.5, 0.6) is 11.5 Å². The summed E-state index contributed by atoms with van der Waals surface area (Å²) < 4.78 is 24.1. The summed E-state index contributed by atoms with van der Waals surface area (Å²) in [4.78, 5) is 11.7. The number of methoxy groups -OCH3 is 1. The molecule has 1 amide bonds. The molecule has 0 saturated heterocycles. The van der Waals surface area contributed by atoms with Crippen LogP contribution in [0.2, 0.25) is 0 Å². The first-order valence-electron chi connectivity index (χ1n) is 6.62. The number of amides is 1. The summed E-state index contributed by atoms with van der Waals surface area (Å²) in [5, 5.41) is 3.77. The van der Waals surface area contributed by atoms with Crippen LogP contribution in [-0.4, -0.2) is 25.8 Å². The van der Waals surface area contributed by atoms with Gasteiger partial charge in [-0.05, 0) is 35.9 Å². The first-order chi connectivity index (χ1) is 11.1. The van der Waals surface area contributed by atoms with Gasteiger partial charge in [0.2, 0.25) is 0 Å². The number of nitrogens with zero attached hydrogens (tertiary/aromatic N) is 1.